The molecule has 2 aromatic heterocycles. The number of carbonyl (C=O) groups excluding carboxylic acids is 2. The predicted octanol–water partition coefficient (Wildman–Crippen LogP) is 3.76. The number of hydrogen-bond acceptors (Lipinski definition) is 5. The fourth-order valence-corrected chi connectivity index (χ4v) is 5.73. The van der Waals surface area contributed by atoms with E-state index in [1.54, 1.807) is 7.05 Å². The molecular weight excluding hydrogens is 452 g/mol. The van der Waals surface area contributed by atoms with Crippen LogP contribution in [0.25, 0.3) is 16.6 Å². The van der Waals surface area contributed by atoms with Gasteiger partial charge in [0.05, 0.1) is 35.7 Å². The lowest BCUT2D eigenvalue weighted by atomic mass is 9.83. The molecule has 0 bridgehead atoms. The first-order valence-corrected chi connectivity index (χ1v) is 13.2. The third-order valence-corrected chi connectivity index (χ3v) is 7.90. The number of nitrogens with one attached hydrogen (secondary N) is 2. The lowest BCUT2D eigenvalue weighted by Gasteiger charge is -2.35. The van der Waals surface area contributed by atoms with Gasteiger partial charge in [0, 0.05) is 18.1 Å². The number of nitrogens with zero attached hydrogens (tertiary/aromatic N) is 4. The maximum absolute atomic E-state index is 14.0. The minimum atomic E-state index is -0.486. The highest BCUT2D eigenvalue weighted by atomic mass is 16.2. The zero-order chi connectivity index (χ0) is 25.1. The molecule has 0 spiro atoms. The Morgan fingerprint density at radius 3 is 2.64 bits per heavy atom. The van der Waals surface area contributed by atoms with E-state index in [1.165, 1.54) is 6.42 Å². The Bertz CT molecular complexity index is 1220. The molecule has 2 amide bonds. The number of amides is 2. The number of likely N-dealkylation sites (tertiary alicyclic amines) is 1. The van der Waals surface area contributed by atoms with Crippen molar-refractivity contribution in [1.29, 1.82) is 0 Å². The number of carbonyl (C=O) groups is 2. The van der Waals surface area contributed by atoms with Crippen LogP contribution in [-0.2, 0) is 9.59 Å². The first-order chi connectivity index (χ1) is 17.6. The van der Waals surface area contributed by atoms with Crippen molar-refractivity contribution in [2.75, 3.05) is 13.6 Å². The molecule has 5 rings (SSSR count). The molecule has 1 saturated heterocycles. The van der Waals surface area contributed by atoms with Crippen molar-refractivity contribution in [3.8, 4) is 5.69 Å². The van der Waals surface area contributed by atoms with E-state index in [9.17, 15) is 9.59 Å². The van der Waals surface area contributed by atoms with Crippen LogP contribution in [0.4, 0.5) is 0 Å². The van der Waals surface area contributed by atoms with Crippen LogP contribution in [0.2, 0.25) is 0 Å². The minimum absolute atomic E-state index is 0.0380. The smallest absolute Gasteiger partial charge is 0.245 e. The summed E-state index contributed by atoms with van der Waals surface area (Å²) in [7, 11) is 1.76. The van der Waals surface area contributed by atoms with E-state index in [2.05, 4.69) is 26.8 Å². The number of aromatic nitrogens is 3. The number of pyridine rings is 1. The average molecular weight is 489 g/mol. The summed E-state index contributed by atoms with van der Waals surface area (Å²) < 4.78 is 1.90. The first kappa shape index (κ1) is 24.4. The van der Waals surface area contributed by atoms with E-state index in [0.717, 1.165) is 60.7 Å². The van der Waals surface area contributed by atoms with Crippen LogP contribution in [0.1, 0.15) is 63.5 Å². The van der Waals surface area contributed by atoms with Crippen LogP contribution < -0.4 is 10.6 Å². The Morgan fingerprint density at radius 1 is 1.03 bits per heavy atom. The van der Waals surface area contributed by atoms with Gasteiger partial charge in [-0.2, -0.15) is 5.10 Å². The van der Waals surface area contributed by atoms with Crippen LogP contribution in [0.5, 0.6) is 0 Å². The molecule has 3 aromatic rings. The quantitative estimate of drug-likeness (QED) is 0.528. The van der Waals surface area contributed by atoms with Gasteiger partial charge in [0.25, 0.3) is 0 Å². The summed E-state index contributed by atoms with van der Waals surface area (Å²) >= 11 is 0. The van der Waals surface area contributed by atoms with Gasteiger partial charge < -0.3 is 15.5 Å². The average Bonchev–Trinajstić information content (AvgIpc) is 3.59. The standard InChI is InChI=1S/C28H36N6O2/c1-19(29-2)27(35)32-26(20-9-4-3-5-10-20)28(36)33-14-8-13-24(33)22-15-23(18-30-16-22)34-25-12-7-6-11-21(25)17-31-34/h6-7,11-12,15-20,24,26,29H,3-5,8-10,13-14H2,1-2H3,(H,32,35)/t19-,24-,26-/m0/s1. The largest absolute Gasteiger partial charge is 0.343 e. The van der Waals surface area contributed by atoms with Gasteiger partial charge in [-0.15, -0.1) is 0 Å². The maximum atomic E-state index is 14.0. The summed E-state index contributed by atoms with van der Waals surface area (Å²) in [5.41, 5.74) is 2.91. The summed E-state index contributed by atoms with van der Waals surface area (Å²) in [6, 6.07) is 9.31. The lowest BCUT2D eigenvalue weighted by Crippen LogP contribution is -2.55. The SMILES string of the molecule is CN[C@@H](C)C(=O)N[C@H](C(=O)N1CCC[C@H]1c1cncc(-n2ncc3ccccc32)c1)C1CCCCC1. The number of benzene rings is 1. The van der Waals surface area contributed by atoms with Crippen molar-refractivity contribution in [1.82, 2.24) is 30.3 Å². The van der Waals surface area contributed by atoms with Crippen LogP contribution >= 0.6 is 0 Å². The molecule has 8 heteroatoms. The number of para-hydroxylation sites is 1. The van der Waals surface area contributed by atoms with Crippen LogP contribution in [0.3, 0.4) is 0 Å². The van der Waals surface area contributed by atoms with Crippen LogP contribution in [-0.4, -0.2) is 57.2 Å². The second-order valence-electron chi connectivity index (χ2n) is 10.2. The molecule has 3 atom stereocenters. The minimum Gasteiger partial charge on any atom is -0.343 e. The van der Waals surface area contributed by atoms with Crippen molar-refractivity contribution >= 4 is 22.7 Å². The summed E-state index contributed by atoms with van der Waals surface area (Å²) in [5, 5.41) is 11.8. The molecule has 1 aromatic carbocycles. The first-order valence-electron chi connectivity index (χ1n) is 13.2. The fraction of sp³-hybridized carbons (Fsp3) is 0.500. The van der Waals surface area contributed by atoms with Crippen molar-refractivity contribution in [3.63, 3.8) is 0 Å². The second kappa shape index (κ2) is 10.8. The van der Waals surface area contributed by atoms with E-state index in [-0.39, 0.29) is 29.8 Å². The van der Waals surface area contributed by atoms with Gasteiger partial charge in [0.2, 0.25) is 11.8 Å². The highest BCUT2D eigenvalue weighted by Gasteiger charge is 2.39. The van der Waals surface area contributed by atoms with Crippen LogP contribution in [0.15, 0.2) is 48.9 Å². The van der Waals surface area contributed by atoms with E-state index < -0.39 is 6.04 Å². The van der Waals surface area contributed by atoms with Crippen molar-refractivity contribution in [2.24, 2.45) is 5.92 Å². The molecule has 0 radical (unpaired) electrons. The van der Waals surface area contributed by atoms with Crippen LogP contribution in [0, 0.1) is 5.92 Å². The monoisotopic (exact) mass is 488 g/mol. The van der Waals surface area contributed by atoms with E-state index in [4.69, 9.17) is 0 Å². The third kappa shape index (κ3) is 4.87. The second-order valence-corrected chi connectivity index (χ2v) is 10.2. The fourth-order valence-electron chi connectivity index (χ4n) is 5.73. The topological polar surface area (TPSA) is 92.2 Å². The molecule has 1 aliphatic carbocycles. The number of likely N-dealkylation sites (N-methyl/N-ethyl adjacent to an activating group) is 1. The molecule has 2 N–H and O–H groups in total. The normalized spacial score (nSPS) is 20.4. The molecule has 3 heterocycles. The molecule has 1 saturated carbocycles. The highest BCUT2D eigenvalue weighted by Crippen LogP contribution is 2.35. The van der Waals surface area contributed by atoms with Gasteiger partial charge in [-0.1, -0.05) is 37.5 Å². The highest BCUT2D eigenvalue weighted by molar-refractivity contribution is 5.90. The summed E-state index contributed by atoms with van der Waals surface area (Å²) in [6.45, 7) is 2.52. The third-order valence-electron chi connectivity index (χ3n) is 7.90. The van der Waals surface area contributed by atoms with E-state index in [1.807, 2.05) is 59.4 Å². The zero-order valence-electron chi connectivity index (χ0n) is 21.2. The van der Waals surface area contributed by atoms with Gasteiger partial charge in [-0.25, -0.2) is 4.68 Å². The van der Waals surface area contributed by atoms with Gasteiger partial charge in [-0.05, 0) is 63.3 Å². The Morgan fingerprint density at radius 2 is 1.83 bits per heavy atom. The molecule has 8 nitrogen and oxygen atoms in total. The molecule has 2 aliphatic rings. The molecule has 0 unspecified atom stereocenters. The Labute approximate surface area is 212 Å². The summed E-state index contributed by atoms with van der Waals surface area (Å²) in [5.74, 6) is 0.0998. The maximum Gasteiger partial charge on any atom is 0.245 e. The molecule has 2 fully saturated rings. The summed E-state index contributed by atoms with van der Waals surface area (Å²) in [4.78, 5) is 33.3. The van der Waals surface area contributed by atoms with E-state index >= 15 is 0 Å². The van der Waals surface area contributed by atoms with Crippen molar-refractivity contribution in [2.45, 2.75) is 70.0 Å². The van der Waals surface area contributed by atoms with Crippen molar-refractivity contribution < 1.29 is 9.59 Å². The summed E-state index contributed by atoms with van der Waals surface area (Å²) in [6.07, 6.45) is 12.7. The van der Waals surface area contributed by atoms with Gasteiger partial charge in [-0.3, -0.25) is 14.6 Å². The Hall–Kier alpha value is -3.26. The van der Waals surface area contributed by atoms with Gasteiger partial charge >= 0.3 is 0 Å². The van der Waals surface area contributed by atoms with Crippen molar-refractivity contribution in [3.05, 3.63) is 54.5 Å². The molecular formula is C28H36N6O2. The Balaban J connectivity index is 1.41. The Kier molecular flexibility index (Phi) is 7.32. The van der Waals surface area contributed by atoms with Gasteiger partial charge in [0.15, 0.2) is 0 Å². The molecule has 1 aliphatic heterocycles. The van der Waals surface area contributed by atoms with Gasteiger partial charge in [0.1, 0.15) is 6.04 Å². The van der Waals surface area contributed by atoms with E-state index in [0.29, 0.717) is 6.54 Å². The lowest BCUT2D eigenvalue weighted by molar-refractivity contribution is -0.139. The number of hydrogen-bond donors (Lipinski definition) is 2. The zero-order valence-corrected chi connectivity index (χ0v) is 21.2. The predicted molar refractivity (Wildman–Crippen MR) is 140 cm³/mol. The number of rotatable bonds is 7. The molecule has 36 heavy (non-hydrogen) atoms. The number of fused-ring (bicyclic) bond motifs is 1. The molecule has 190 valence electrons.